The molecule has 1 aromatic rings. The molecule has 0 saturated heterocycles. The van der Waals surface area contributed by atoms with Crippen LogP contribution in [0.15, 0.2) is 22.7 Å². The summed E-state index contributed by atoms with van der Waals surface area (Å²) >= 11 is 3.41. The van der Waals surface area contributed by atoms with Crippen molar-refractivity contribution >= 4 is 21.9 Å². The molecule has 0 aliphatic rings. The Morgan fingerprint density at radius 2 is 2.05 bits per heavy atom. The molecule has 0 aliphatic heterocycles. The van der Waals surface area contributed by atoms with Gasteiger partial charge in [-0.1, -0.05) is 29.8 Å². The van der Waals surface area contributed by atoms with Crippen molar-refractivity contribution in [1.29, 1.82) is 0 Å². The van der Waals surface area contributed by atoms with E-state index < -0.39 is 6.04 Å². The van der Waals surface area contributed by atoms with Crippen LogP contribution < -0.4 is 10.1 Å². The van der Waals surface area contributed by atoms with E-state index in [9.17, 15) is 4.79 Å². The Hall–Kier alpha value is -1.07. The quantitative estimate of drug-likeness (QED) is 0.815. The molecule has 0 aliphatic carbocycles. The van der Waals surface area contributed by atoms with Crippen molar-refractivity contribution in [2.24, 2.45) is 5.92 Å². The molecule has 0 spiro atoms. The molecule has 1 aromatic carbocycles. The van der Waals surface area contributed by atoms with Crippen LogP contribution in [0.4, 0.5) is 0 Å². The second kappa shape index (κ2) is 7.50. The summed E-state index contributed by atoms with van der Waals surface area (Å²) in [5.74, 6) is 0.775. The molecule has 19 heavy (non-hydrogen) atoms. The maximum absolute atomic E-state index is 11.9. The van der Waals surface area contributed by atoms with Crippen LogP contribution in [0.3, 0.4) is 0 Å². The highest BCUT2D eigenvalue weighted by molar-refractivity contribution is 9.10. The predicted octanol–water partition coefficient (Wildman–Crippen LogP) is 2.92. The van der Waals surface area contributed by atoms with Gasteiger partial charge in [-0.05, 0) is 30.7 Å². The van der Waals surface area contributed by atoms with E-state index in [1.54, 1.807) is 7.11 Å². The minimum absolute atomic E-state index is 0.322. The molecule has 4 nitrogen and oxygen atoms in total. The summed E-state index contributed by atoms with van der Waals surface area (Å²) < 4.78 is 11.1. The standard InChI is InChI=1S/C14H20BrNO3/c1-9(2)8-16-13(14(17)19-4)11-7-10(15)5-6-12(11)18-3/h5-7,9,13,16H,8H2,1-4H3. The summed E-state index contributed by atoms with van der Waals surface area (Å²) in [5, 5.41) is 3.21. The van der Waals surface area contributed by atoms with Crippen molar-refractivity contribution in [3.63, 3.8) is 0 Å². The highest BCUT2D eigenvalue weighted by Gasteiger charge is 2.24. The van der Waals surface area contributed by atoms with E-state index in [2.05, 4.69) is 35.1 Å². The SMILES string of the molecule is COC(=O)C(NCC(C)C)c1cc(Br)ccc1OC. The fourth-order valence-corrected chi connectivity index (χ4v) is 2.10. The van der Waals surface area contributed by atoms with E-state index in [-0.39, 0.29) is 5.97 Å². The number of hydrogen-bond acceptors (Lipinski definition) is 4. The zero-order valence-electron chi connectivity index (χ0n) is 11.7. The molecular formula is C14H20BrNO3. The lowest BCUT2D eigenvalue weighted by Crippen LogP contribution is -2.32. The minimum atomic E-state index is -0.528. The van der Waals surface area contributed by atoms with Gasteiger partial charge in [0.25, 0.3) is 0 Å². The normalized spacial score (nSPS) is 12.3. The largest absolute Gasteiger partial charge is 0.496 e. The Balaban J connectivity index is 3.08. The topological polar surface area (TPSA) is 47.6 Å². The van der Waals surface area contributed by atoms with E-state index >= 15 is 0 Å². The third-order valence-electron chi connectivity index (χ3n) is 2.67. The third-order valence-corrected chi connectivity index (χ3v) is 3.16. The third kappa shape index (κ3) is 4.51. The molecule has 0 aromatic heterocycles. The van der Waals surface area contributed by atoms with Crippen molar-refractivity contribution in [2.45, 2.75) is 19.9 Å². The number of halogens is 1. The smallest absolute Gasteiger partial charge is 0.327 e. The summed E-state index contributed by atoms with van der Waals surface area (Å²) in [6, 6.07) is 5.04. The fraction of sp³-hybridized carbons (Fsp3) is 0.500. The molecule has 106 valence electrons. The first-order chi connectivity index (χ1) is 8.99. The van der Waals surface area contributed by atoms with Gasteiger partial charge in [0.2, 0.25) is 0 Å². The van der Waals surface area contributed by atoms with Gasteiger partial charge in [-0.2, -0.15) is 0 Å². The molecule has 1 rings (SSSR count). The predicted molar refractivity (Wildman–Crippen MR) is 78.3 cm³/mol. The Morgan fingerprint density at radius 3 is 2.58 bits per heavy atom. The second-order valence-electron chi connectivity index (χ2n) is 4.64. The lowest BCUT2D eigenvalue weighted by molar-refractivity contribution is -0.143. The van der Waals surface area contributed by atoms with Crippen LogP contribution in [-0.2, 0) is 9.53 Å². The molecule has 0 amide bonds. The van der Waals surface area contributed by atoms with E-state index in [4.69, 9.17) is 9.47 Å². The lowest BCUT2D eigenvalue weighted by Gasteiger charge is -2.20. The van der Waals surface area contributed by atoms with E-state index in [0.717, 1.165) is 16.6 Å². The summed E-state index contributed by atoms with van der Waals surface area (Å²) in [7, 11) is 2.97. The first kappa shape index (κ1) is 16.0. The molecule has 1 N–H and O–H groups in total. The van der Waals surface area contributed by atoms with Crippen LogP contribution in [0.5, 0.6) is 5.75 Å². The zero-order valence-corrected chi connectivity index (χ0v) is 13.3. The van der Waals surface area contributed by atoms with Crippen LogP contribution in [0.2, 0.25) is 0 Å². The molecule has 0 saturated carbocycles. The summed E-state index contributed by atoms with van der Waals surface area (Å²) in [4.78, 5) is 11.9. The first-order valence-corrected chi connectivity index (χ1v) is 6.93. The zero-order chi connectivity index (χ0) is 14.4. The number of ether oxygens (including phenoxy) is 2. The van der Waals surface area contributed by atoms with Crippen LogP contribution in [-0.4, -0.2) is 26.7 Å². The Labute approximate surface area is 122 Å². The summed E-state index contributed by atoms with van der Waals surface area (Å²) in [6.07, 6.45) is 0. The molecule has 0 bridgehead atoms. The van der Waals surface area contributed by atoms with Gasteiger partial charge in [-0.15, -0.1) is 0 Å². The van der Waals surface area contributed by atoms with Crippen molar-refractivity contribution in [1.82, 2.24) is 5.32 Å². The minimum Gasteiger partial charge on any atom is -0.496 e. The van der Waals surface area contributed by atoms with Gasteiger partial charge in [0.05, 0.1) is 14.2 Å². The Bertz CT molecular complexity index is 435. The van der Waals surface area contributed by atoms with Crippen LogP contribution in [0, 0.1) is 5.92 Å². The lowest BCUT2D eigenvalue weighted by atomic mass is 10.0. The molecule has 1 unspecified atom stereocenters. The van der Waals surface area contributed by atoms with Crippen molar-refractivity contribution in [3.05, 3.63) is 28.2 Å². The van der Waals surface area contributed by atoms with Gasteiger partial charge < -0.3 is 14.8 Å². The van der Waals surface area contributed by atoms with Gasteiger partial charge in [0.1, 0.15) is 11.8 Å². The van der Waals surface area contributed by atoms with Gasteiger partial charge in [0, 0.05) is 10.0 Å². The maximum Gasteiger partial charge on any atom is 0.327 e. The number of nitrogens with one attached hydrogen (secondary N) is 1. The molecular weight excluding hydrogens is 310 g/mol. The van der Waals surface area contributed by atoms with Gasteiger partial charge in [-0.25, -0.2) is 4.79 Å². The summed E-state index contributed by atoms with van der Waals surface area (Å²) in [6.45, 7) is 4.88. The number of methoxy groups -OCH3 is 2. The monoisotopic (exact) mass is 329 g/mol. The molecule has 0 fully saturated rings. The van der Waals surface area contributed by atoms with Crippen molar-refractivity contribution in [2.75, 3.05) is 20.8 Å². The highest BCUT2D eigenvalue weighted by atomic mass is 79.9. The number of hydrogen-bond donors (Lipinski definition) is 1. The maximum atomic E-state index is 11.9. The van der Waals surface area contributed by atoms with Gasteiger partial charge in [-0.3, -0.25) is 0 Å². The van der Waals surface area contributed by atoms with Crippen molar-refractivity contribution in [3.8, 4) is 5.75 Å². The van der Waals surface area contributed by atoms with Gasteiger partial charge in [0.15, 0.2) is 0 Å². The molecule has 0 radical (unpaired) electrons. The number of rotatable bonds is 6. The second-order valence-corrected chi connectivity index (χ2v) is 5.56. The number of benzene rings is 1. The van der Waals surface area contributed by atoms with E-state index in [1.807, 2.05) is 18.2 Å². The van der Waals surface area contributed by atoms with E-state index in [0.29, 0.717) is 11.7 Å². The Kier molecular flexibility index (Phi) is 6.31. The van der Waals surface area contributed by atoms with E-state index in [1.165, 1.54) is 7.11 Å². The first-order valence-electron chi connectivity index (χ1n) is 6.14. The number of carbonyl (C=O) groups is 1. The highest BCUT2D eigenvalue weighted by Crippen LogP contribution is 2.29. The Morgan fingerprint density at radius 1 is 1.37 bits per heavy atom. The van der Waals surface area contributed by atoms with Crippen LogP contribution >= 0.6 is 15.9 Å². The van der Waals surface area contributed by atoms with Gasteiger partial charge >= 0.3 is 5.97 Å². The number of esters is 1. The van der Waals surface area contributed by atoms with Crippen molar-refractivity contribution < 1.29 is 14.3 Å². The number of carbonyl (C=O) groups excluding carboxylic acids is 1. The van der Waals surface area contributed by atoms with Crippen LogP contribution in [0.1, 0.15) is 25.5 Å². The molecule has 0 heterocycles. The fourth-order valence-electron chi connectivity index (χ4n) is 1.72. The molecule has 5 heteroatoms. The average molecular weight is 330 g/mol. The molecule has 1 atom stereocenters. The average Bonchev–Trinajstić information content (AvgIpc) is 2.38. The van der Waals surface area contributed by atoms with Crippen LogP contribution in [0.25, 0.3) is 0 Å². The summed E-state index contributed by atoms with van der Waals surface area (Å²) in [5.41, 5.74) is 0.768.